The topological polar surface area (TPSA) is 49.3 Å². The van der Waals surface area contributed by atoms with Crippen molar-refractivity contribution >= 4 is 5.97 Å². The van der Waals surface area contributed by atoms with E-state index in [0.29, 0.717) is 18.5 Å². The number of alkyl halides is 2. The summed E-state index contributed by atoms with van der Waals surface area (Å²) in [6, 6.07) is 6.93. The smallest absolute Gasteiger partial charge is 0.307 e. The lowest BCUT2D eigenvalue weighted by Gasteiger charge is -2.14. The van der Waals surface area contributed by atoms with E-state index < -0.39 is 17.8 Å². The van der Waals surface area contributed by atoms with Crippen LogP contribution in [0.15, 0.2) is 24.3 Å². The summed E-state index contributed by atoms with van der Waals surface area (Å²) < 4.78 is 26.0. The molecule has 2 atom stereocenters. The minimum absolute atomic E-state index is 0.0634. The highest BCUT2D eigenvalue weighted by Gasteiger charge is 2.30. The maximum Gasteiger partial charge on any atom is 0.307 e. The molecule has 1 saturated heterocycles. The van der Waals surface area contributed by atoms with Gasteiger partial charge in [-0.2, -0.15) is 0 Å². The quantitative estimate of drug-likeness (QED) is 0.883. The zero-order chi connectivity index (χ0) is 14.0. The lowest BCUT2D eigenvalue weighted by molar-refractivity contribution is -0.141. The Morgan fingerprint density at radius 3 is 2.84 bits per heavy atom. The van der Waals surface area contributed by atoms with Gasteiger partial charge >= 0.3 is 5.97 Å². The standard InChI is InChI=1S/C14H17F2NO2/c1-14(15,16)7-9-3-2-4-10(5-9)12-6-11(8-17-12)13(18)19/h2-5,11-12,17H,6-8H2,1H3,(H,18,19). The lowest BCUT2D eigenvalue weighted by Crippen LogP contribution is -2.17. The fourth-order valence-electron chi connectivity index (χ4n) is 2.46. The van der Waals surface area contributed by atoms with E-state index in [0.717, 1.165) is 12.5 Å². The monoisotopic (exact) mass is 269 g/mol. The molecule has 104 valence electrons. The van der Waals surface area contributed by atoms with Crippen molar-refractivity contribution in [1.82, 2.24) is 5.32 Å². The molecule has 2 unspecified atom stereocenters. The molecule has 1 heterocycles. The van der Waals surface area contributed by atoms with Crippen molar-refractivity contribution < 1.29 is 18.7 Å². The molecule has 2 rings (SSSR count). The van der Waals surface area contributed by atoms with Gasteiger partial charge in [0.25, 0.3) is 0 Å². The predicted molar refractivity (Wildman–Crippen MR) is 67.3 cm³/mol. The Morgan fingerprint density at radius 1 is 1.53 bits per heavy atom. The third-order valence-electron chi connectivity index (χ3n) is 3.35. The van der Waals surface area contributed by atoms with E-state index in [9.17, 15) is 13.6 Å². The lowest BCUT2D eigenvalue weighted by atomic mass is 9.97. The Hall–Kier alpha value is -1.49. The molecule has 2 N–H and O–H groups in total. The zero-order valence-electron chi connectivity index (χ0n) is 10.7. The number of carbonyl (C=O) groups is 1. The summed E-state index contributed by atoms with van der Waals surface area (Å²) in [5.41, 5.74) is 1.45. The van der Waals surface area contributed by atoms with Gasteiger partial charge in [0.2, 0.25) is 5.92 Å². The summed E-state index contributed by atoms with van der Waals surface area (Å²) in [7, 11) is 0. The largest absolute Gasteiger partial charge is 0.481 e. The molecule has 0 bridgehead atoms. The van der Waals surface area contributed by atoms with Gasteiger partial charge in [-0.25, -0.2) is 8.78 Å². The number of hydrogen-bond donors (Lipinski definition) is 2. The summed E-state index contributed by atoms with van der Waals surface area (Å²) >= 11 is 0. The van der Waals surface area contributed by atoms with Crippen LogP contribution in [0.4, 0.5) is 8.78 Å². The first-order valence-corrected chi connectivity index (χ1v) is 6.28. The molecule has 5 heteroatoms. The van der Waals surface area contributed by atoms with Gasteiger partial charge in [0.1, 0.15) is 0 Å². The molecule has 0 saturated carbocycles. The third-order valence-corrected chi connectivity index (χ3v) is 3.35. The molecule has 0 aliphatic carbocycles. The predicted octanol–water partition coefficient (Wildman–Crippen LogP) is 2.62. The third kappa shape index (κ3) is 3.73. The highest BCUT2D eigenvalue weighted by atomic mass is 19.3. The summed E-state index contributed by atoms with van der Waals surface area (Å²) in [5, 5.41) is 12.1. The van der Waals surface area contributed by atoms with E-state index in [1.54, 1.807) is 18.2 Å². The molecule has 1 aromatic carbocycles. The van der Waals surface area contributed by atoms with Gasteiger partial charge in [-0.3, -0.25) is 4.79 Å². The second-order valence-corrected chi connectivity index (χ2v) is 5.22. The van der Waals surface area contributed by atoms with Gasteiger partial charge in [0.15, 0.2) is 0 Å². The van der Waals surface area contributed by atoms with E-state index in [4.69, 9.17) is 5.11 Å². The summed E-state index contributed by atoms with van der Waals surface area (Å²) in [6.07, 6.45) is 0.206. The Labute approximate surface area is 110 Å². The maximum absolute atomic E-state index is 13.0. The van der Waals surface area contributed by atoms with Crippen LogP contribution in [0.2, 0.25) is 0 Å². The summed E-state index contributed by atoms with van der Waals surface area (Å²) in [4.78, 5) is 10.9. The number of nitrogens with one attached hydrogen (secondary N) is 1. The van der Waals surface area contributed by atoms with Crippen molar-refractivity contribution in [2.75, 3.05) is 6.54 Å². The van der Waals surface area contributed by atoms with Crippen LogP contribution in [0.3, 0.4) is 0 Å². The van der Waals surface area contributed by atoms with Crippen LogP contribution in [0.25, 0.3) is 0 Å². The summed E-state index contributed by atoms with van der Waals surface area (Å²) in [6.45, 7) is 1.32. The normalized spacial score (nSPS) is 23.5. The molecule has 1 aliphatic rings. The van der Waals surface area contributed by atoms with Gasteiger partial charge in [0.05, 0.1) is 5.92 Å². The molecule has 1 aromatic rings. The Bertz CT molecular complexity index is 471. The van der Waals surface area contributed by atoms with Crippen LogP contribution in [0.5, 0.6) is 0 Å². The Kier molecular flexibility index (Phi) is 3.85. The van der Waals surface area contributed by atoms with Gasteiger partial charge in [-0.1, -0.05) is 24.3 Å². The van der Waals surface area contributed by atoms with Crippen molar-refractivity contribution in [2.24, 2.45) is 5.92 Å². The number of benzene rings is 1. The van der Waals surface area contributed by atoms with Crippen molar-refractivity contribution in [3.63, 3.8) is 0 Å². The van der Waals surface area contributed by atoms with E-state index in [-0.39, 0.29) is 12.5 Å². The Morgan fingerprint density at radius 2 is 2.26 bits per heavy atom. The first-order chi connectivity index (χ1) is 8.85. The first-order valence-electron chi connectivity index (χ1n) is 6.28. The fourth-order valence-corrected chi connectivity index (χ4v) is 2.46. The molecule has 1 aliphatic heterocycles. The molecule has 0 aromatic heterocycles. The molecular formula is C14H17F2NO2. The average molecular weight is 269 g/mol. The highest BCUT2D eigenvalue weighted by molar-refractivity contribution is 5.70. The molecule has 1 fully saturated rings. The first kappa shape index (κ1) is 13.9. The van der Waals surface area contributed by atoms with Crippen LogP contribution in [0, 0.1) is 5.92 Å². The number of hydrogen-bond acceptors (Lipinski definition) is 2. The minimum Gasteiger partial charge on any atom is -0.481 e. The maximum atomic E-state index is 13.0. The highest BCUT2D eigenvalue weighted by Crippen LogP contribution is 2.29. The van der Waals surface area contributed by atoms with E-state index >= 15 is 0 Å². The second-order valence-electron chi connectivity index (χ2n) is 5.22. The summed E-state index contributed by atoms with van der Waals surface area (Å²) in [5.74, 6) is -3.95. The van der Waals surface area contributed by atoms with Crippen molar-refractivity contribution in [1.29, 1.82) is 0 Å². The van der Waals surface area contributed by atoms with Crippen LogP contribution in [-0.2, 0) is 11.2 Å². The van der Waals surface area contributed by atoms with E-state index in [2.05, 4.69) is 5.32 Å². The van der Waals surface area contributed by atoms with Crippen molar-refractivity contribution in [3.05, 3.63) is 35.4 Å². The molecule has 19 heavy (non-hydrogen) atoms. The molecule has 0 spiro atoms. The SMILES string of the molecule is CC(F)(F)Cc1cccc(C2CC(C(=O)O)CN2)c1. The van der Waals surface area contributed by atoms with E-state index in [1.807, 2.05) is 6.07 Å². The number of rotatable bonds is 4. The van der Waals surface area contributed by atoms with Crippen LogP contribution >= 0.6 is 0 Å². The van der Waals surface area contributed by atoms with Gasteiger partial charge in [-0.05, 0) is 24.5 Å². The van der Waals surface area contributed by atoms with Crippen LogP contribution in [0.1, 0.15) is 30.5 Å². The number of aliphatic carboxylic acids is 1. The number of carboxylic acid groups (broad SMARTS) is 1. The second kappa shape index (κ2) is 5.25. The molecule has 0 amide bonds. The van der Waals surface area contributed by atoms with Crippen molar-refractivity contribution in [3.8, 4) is 0 Å². The Balaban J connectivity index is 2.09. The van der Waals surface area contributed by atoms with Gasteiger partial charge < -0.3 is 10.4 Å². The molecule has 0 radical (unpaired) electrons. The molecular weight excluding hydrogens is 252 g/mol. The van der Waals surface area contributed by atoms with Gasteiger partial charge in [-0.15, -0.1) is 0 Å². The fraction of sp³-hybridized carbons (Fsp3) is 0.500. The average Bonchev–Trinajstić information content (AvgIpc) is 2.76. The van der Waals surface area contributed by atoms with Crippen LogP contribution < -0.4 is 5.32 Å². The number of carboxylic acids is 1. The number of halogens is 2. The van der Waals surface area contributed by atoms with Crippen LogP contribution in [-0.4, -0.2) is 23.5 Å². The molecule has 3 nitrogen and oxygen atoms in total. The minimum atomic E-state index is -2.73. The van der Waals surface area contributed by atoms with Crippen molar-refractivity contribution in [2.45, 2.75) is 31.7 Å². The van der Waals surface area contributed by atoms with E-state index in [1.165, 1.54) is 0 Å². The van der Waals surface area contributed by atoms with Gasteiger partial charge in [0, 0.05) is 19.0 Å². The zero-order valence-corrected chi connectivity index (χ0v) is 10.7.